The van der Waals surface area contributed by atoms with E-state index in [4.69, 9.17) is 14.2 Å². The van der Waals surface area contributed by atoms with E-state index in [-0.39, 0.29) is 12.5 Å². The highest BCUT2D eigenvalue weighted by Gasteiger charge is 2.31. The summed E-state index contributed by atoms with van der Waals surface area (Å²) in [6.07, 6.45) is 3.60. The van der Waals surface area contributed by atoms with Gasteiger partial charge in [-0.15, -0.1) is 0 Å². The standard InChI is InChI=1S/C27H39N7O6/c1-7-21(19(14-38-18(3)35)12-20-13-30-15-33(20)6)25(36)39-16-40-27(37)34-11-10-31-26(34)32-22-8-9-23(28-4)24(29-5)17(22)2/h8-9,13,15,19,21,28-29H,7,10-12,14,16H2,1-6H3,(H,31,32). The molecule has 0 aliphatic carbocycles. The van der Waals surface area contributed by atoms with Gasteiger partial charge >= 0.3 is 18.0 Å². The van der Waals surface area contributed by atoms with Gasteiger partial charge in [0.05, 0.1) is 43.3 Å². The van der Waals surface area contributed by atoms with Crippen molar-refractivity contribution in [3.8, 4) is 0 Å². The van der Waals surface area contributed by atoms with Gasteiger partial charge in [-0.2, -0.15) is 0 Å². The SMILES string of the molecule is CCC(C(=O)OCOC(=O)N1CCN=C1Nc1ccc(NC)c(NC)c1C)C(COC(C)=O)Cc1cncn1C. The van der Waals surface area contributed by atoms with Crippen molar-refractivity contribution in [3.63, 3.8) is 0 Å². The van der Waals surface area contributed by atoms with E-state index in [2.05, 4.69) is 25.9 Å². The van der Waals surface area contributed by atoms with Crippen LogP contribution in [0, 0.1) is 18.8 Å². The predicted octanol–water partition coefficient (Wildman–Crippen LogP) is 2.98. The van der Waals surface area contributed by atoms with Crippen LogP contribution in [-0.4, -0.2) is 79.0 Å². The highest BCUT2D eigenvalue weighted by molar-refractivity contribution is 6.04. The molecule has 2 aromatic rings. The van der Waals surface area contributed by atoms with Crippen molar-refractivity contribution < 1.29 is 28.6 Å². The normalized spacial score (nSPS) is 14.2. The Bertz CT molecular complexity index is 1230. The van der Waals surface area contributed by atoms with E-state index in [1.807, 2.05) is 51.7 Å². The molecule has 0 fully saturated rings. The van der Waals surface area contributed by atoms with Crippen LogP contribution in [0.5, 0.6) is 0 Å². The molecular formula is C27H39N7O6. The van der Waals surface area contributed by atoms with Crippen LogP contribution >= 0.6 is 0 Å². The van der Waals surface area contributed by atoms with Crippen molar-refractivity contribution in [2.45, 2.75) is 33.6 Å². The third-order valence-electron chi connectivity index (χ3n) is 6.88. The molecule has 13 heteroatoms. The molecule has 1 amide bonds. The van der Waals surface area contributed by atoms with Crippen molar-refractivity contribution in [2.75, 3.05) is 56.5 Å². The van der Waals surface area contributed by atoms with Crippen molar-refractivity contribution in [1.82, 2.24) is 14.5 Å². The molecule has 0 saturated carbocycles. The van der Waals surface area contributed by atoms with Gasteiger partial charge in [-0.1, -0.05) is 6.92 Å². The van der Waals surface area contributed by atoms with Crippen LogP contribution in [0.4, 0.5) is 21.9 Å². The molecule has 40 heavy (non-hydrogen) atoms. The largest absolute Gasteiger partial charge is 0.466 e. The monoisotopic (exact) mass is 557 g/mol. The third kappa shape index (κ3) is 7.42. The molecule has 1 aromatic heterocycles. The van der Waals surface area contributed by atoms with E-state index in [1.54, 1.807) is 12.5 Å². The van der Waals surface area contributed by atoms with Crippen LogP contribution in [0.25, 0.3) is 0 Å². The minimum absolute atomic E-state index is 0.0527. The molecule has 1 aromatic carbocycles. The Labute approximate surface area is 234 Å². The van der Waals surface area contributed by atoms with Gasteiger partial charge in [-0.25, -0.2) is 14.7 Å². The number of rotatable bonds is 12. The van der Waals surface area contributed by atoms with Gasteiger partial charge in [0.2, 0.25) is 12.8 Å². The number of esters is 2. The molecule has 1 aliphatic heterocycles. The number of nitrogens with zero attached hydrogens (tertiary/aromatic N) is 4. The molecule has 1 aliphatic rings. The number of amides is 1. The molecule has 2 atom stereocenters. The fraction of sp³-hybridized carbons (Fsp3) is 0.519. The molecule has 0 spiro atoms. The Morgan fingerprint density at radius 3 is 2.48 bits per heavy atom. The number of aromatic nitrogens is 2. The lowest BCUT2D eigenvalue weighted by Gasteiger charge is -2.25. The Kier molecular flexibility index (Phi) is 10.7. The van der Waals surface area contributed by atoms with E-state index < -0.39 is 30.7 Å². The van der Waals surface area contributed by atoms with Crippen LogP contribution < -0.4 is 16.0 Å². The van der Waals surface area contributed by atoms with Gasteiger partial charge in [0.25, 0.3) is 0 Å². The van der Waals surface area contributed by atoms with Gasteiger partial charge in [-0.05, 0) is 37.5 Å². The maximum atomic E-state index is 13.0. The predicted molar refractivity (Wildman–Crippen MR) is 151 cm³/mol. The lowest BCUT2D eigenvalue weighted by atomic mass is 9.87. The number of imidazole rings is 1. The number of aliphatic imine (C=N–C) groups is 1. The highest BCUT2D eigenvalue weighted by atomic mass is 16.7. The number of carbonyl (C=O) groups excluding carboxylic acids is 3. The summed E-state index contributed by atoms with van der Waals surface area (Å²) in [7, 11) is 5.54. The number of anilines is 3. The molecule has 2 unspecified atom stereocenters. The summed E-state index contributed by atoms with van der Waals surface area (Å²) in [4.78, 5) is 47.2. The maximum absolute atomic E-state index is 13.0. The molecule has 2 heterocycles. The lowest BCUT2D eigenvalue weighted by Crippen LogP contribution is -2.39. The van der Waals surface area contributed by atoms with Gasteiger partial charge in [0.1, 0.15) is 0 Å². The Morgan fingerprint density at radius 1 is 1.10 bits per heavy atom. The number of guanidine groups is 1. The first-order valence-corrected chi connectivity index (χ1v) is 13.2. The number of ether oxygens (including phenoxy) is 3. The second kappa shape index (κ2) is 14.2. The van der Waals surface area contributed by atoms with Crippen LogP contribution in [-0.2, 0) is 37.3 Å². The van der Waals surface area contributed by atoms with Crippen molar-refractivity contribution in [3.05, 3.63) is 35.9 Å². The summed E-state index contributed by atoms with van der Waals surface area (Å²) < 4.78 is 17.7. The van der Waals surface area contributed by atoms with E-state index in [9.17, 15) is 14.4 Å². The van der Waals surface area contributed by atoms with Gasteiger partial charge in [0.15, 0.2) is 0 Å². The van der Waals surface area contributed by atoms with E-state index in [0.29, 0.717) is 31.9 Å². The van der Waals surface area contributed by atoms with Crippen LogP contribution in [0.15, 0.2) is 29.6 Å². The molecule has 3 N–H and O–H groups in total. The quantitative estimate of drug-likeness (QED) is 0.263. The third-order valence-corrected chi connectivity index (χ3v) is 6.88. The molecule has 0 radical (unpaired) electrons. The fourth-order valence-electron chi connectivity index (χ4n) is 4.64. The van der Waals surface area contributed by atoms with Gasteiger partial charge < -0.3 is 34.7 Å². The number of nitrogens with one attached hydrogen (secondary N) is 3. The summed E-state index contributed by atoms with van der Waals surface area (Å²) in [5, 5.41) is 9.52. The summed E-state index contributed by atoms with van der Waals surface area (Å²) in [5.41, 5.74) is 4.49. The number of benzene rings is 1. The van der Waals surface area contributed by atoms with Crippen LogP contribution in [0.2, 0.25) is 0 Å². The summed E-state index contributed by atoms with van der Waals surface area (Å²) in [5.74, 6) is -1.54. The average molecular weight is 558 g/mol. The molecule has 218 valence electrons. The maximum Gasteiger partial charge on any atom is 0.419 e. The van der Waals surface area contributed by atoms with Gasteiger partial charge in [-0.3, -0.25) is 14.6 Å². The Morgan fingerprint density at radius 2 is 1.85 bits per heavy atom. The molecule has 0 saturated heterocycles. The zero-order valence-electron chi connectivity index (χ0n) is 23.9. The zero-order chi connectivity index (χ0) is 29.2. The molecule has 0 bridgehead atoms. The summed E-state index contributed by atoms with van der Waals surface area (Å²) in [6, 6.07) is 3.82. The van der Waals surface area contributed by atoms with E-state index in [1.165, 1.54) is 11.8 Å². The minimum atomic E-state index is -0.686. The second-order valence-corrected chi connectivity index (χ2v) is 9.41. The second-order valence-electron chi connectivity index (χ2n) is 9.41. The Balaban J connectivity index is 1.59. The van der Waals surface area contributed by atoms with E-state index >= 15 is 0 Å². The minimum Gasteiger partial charge on any atom is -0.466 e. The number of aryl methyl sites for hydroxylation is 1. The number of hydrogen-bond donors (Lipinski definition) is 3. The summed E-state index contributed by atoms with van der Waals surface area (Å²) in [6.45, 7) is 5.37. The first kappa shape index (κ1) is 30.3. The molecular weight excluding hydrogens is 518 g/mol. The van der Waals surface area contributed by atoms with Gasteiger partial charge in [0, 0.05) is 51.6 Å². The van der Waals surface area contributed by atoms with Crippen LogP contribution in [0.3, 0.4) is 0 Å². The molecule has 3 rings (SSSR count). The summed E-state index contributed by atoms with van der Waals surface area (Å²) >= 11 is 0. The van der Waals surface area contributed by atoms with E-state index in [0.717, 1.165) is 28.3 Å². The lowest BCUT2D eigenvalue weighted by molar-refractivity contribution is -0.162. The first-order chi connectivity index (χ1) is 19.2. The highest BCUT2D eigenvalue weighted by Crippen LogP contribution is 2.31. The number of hydrogen-bond acceptors (Lipinski definition) is 11. The first-order valence-electron chi connectivity index (χ1n) is 13.2. The average Bonchev–Trinajstić information content (AvgIpc) is 3.56. The van der Waals surface area contributed by atoms with Crippen molar-refractivity contribution in [1.29, 1.82) is 0 Å². The molecule has 13 nitrogen and oxygen atoms in total. The zero-order valence-corrected chi connectivity index (χ0v) is 23.9. The van der Waals surface area contributed by atoms with Crippen molar-refractivity contribution >= 4 is 41.1 Å². The van der Waals surface area contributed by atoms with Crippen LogP contribution in [0.1, 0.15) is 31.5 Å². The fourth-order valence-corrected chi connectivity index (χ4v) is 4.64. The Hall–Kier alpha value is -4.29. The topological polar surface area (TPSA) is 148 Å². The van der Waals surface area contributed by atoms with Crippen molar-refractivity contribution in [2.24, 2.45) is 23.9 Å². The number of carbonyl (C=O) groups is 3. The smallest absolute Gasteiger partial charge is 0.419 e.